The predicted octanol–water partition coefficient (Wildman–Crippen LogP) is 4.30. The molecule has 7 nitrogen and oxygen atoms in total. The van der Waals surface area contributed by atoms with E-state index in [1.54, 1.807) is 34.3 Å². The minimum absolute atomic E-state index is 0.0472. The van der Waals surface area contributed by atoms with Crippen molar-refractivity contribution in [3.05, 3.63) is 95.7 Å². The summed E-state index contributed by atoms with van der Waals surface area (Å²) in [6, 6.07) is 19.4. The van der Waals surface area contributed by atoms with Crippen molar-refractivity contribution < 1.29 is 23.1 Å². The molecule has 2 amide bonds. The maximum absolute atomic E-state index is 13.9. The fraction of sp³-hybridized carbons (Fsp3) is 0.400. The summed E-state index contributed by atoms with van der Waals surface area (Å²) < 4.78 is 24.5. The lowest BCUT2D eigenvalue weighted by Gasteiger charge is -2.33. The number of ether oxygens (including phenoxy) is 1. The van der Waals surface area contributed by atoms with Crippen molar-refractivity contribution in [2.45, 2.75) is 32.4 Å². The molecule has 38 heavy (non-hydrogen) atoms. The molecule has 0 N–H and O–H groups in total. The Balaban J connectivity index is 1.53. The lowest BCUT2D eigenvalue weighted by atomic mass is 9.95. The molecule has 1 aromatic heterocycles. The van der Waals surface area contributed by atoms with Crippen molar-refractivity contribution >= 4 is 11.8 Å². The molecule has 1 atom stereocenters. The summed E-state index contributed by atoms with van der Waals surface area (Å²) in [4.78, 5) is 33.2. The number of hydrogen-bond donors (Lipinski definition) is 0. The summed E-state index contributed by atoms with van der Waals surface area (Å²) in [5.41, 5.74) is 1.75. The average molecular weight is 522 g/mol. The third kappa shape index (κ3) is 7.76. The number of carbonyl (C=O) groups excluding carboxylic acids is 2. The van der Waals surface area contributed by atoms with Gasteiger partial charge in [-0.2, -0.15) is 0 Å². The van der Waals surface area contributed by atoms with Gasteiger partial charge in [0.25, 0.3) is 0 Å². The van der Waals surface area contributed by atoms with Gasteiger partial charge in [-0.15, -0.1) is 0 Å². The highest BCUT2D eigenvalue weighted by atomic mass is 19.1. The van der Waals surface area contributed by atoms with E-state index in [2.05, 4.69) is 4.90 Å². The molecule has 1 aliphatic rings. The van der Waals surface area contributed by atoms with Gasteiger partial charge in [-0.25, -0.2) is 4.39 Å². The molecule has 8 heteroatoms. The molecule has 0 bridgehead atoms. The van der Waals surface area contributed by atoms with Crippen LogP contribution < -0.4 is 0 Å². The average Bonchev–Trinajstić information content (AvgIpc) is 3.46. The second-order valence-electron chi connectivity index (χ2n) is 9.54. The van der Waals surface area contributed by atoms with E-state index in [0.29, 0.717) is 38.5 Å². The Morgan fingerprint density at radius 1 is 0.947 bits per heavy atom. The van der Waals surface area contributed by atoms with Crippen LogP contribution in [0, 0.1) is 5.82 Å². The zero-order chi connectivity index (χ0) is 26.7. The lowest BCUT2D eigenvalue weighted by molar-refractivity contribution is -0.142. The van der Waals surface area contributed by atoms with Crippen LogP contribution in [0.2, 0.25) is 0 Å². The van der Waals surface area contributed by atoms with Crippen molar-refractivity contribution in [2.24, 2.45) is 0 Å². The van der Waals surface area contributed by atoms with Crippen molar-refractivity contribution in [1.29, 1.82) is 0 Å². The van der Waals surface area contributed by atoms with E-state index < -0.39 is 0 Å². The molecule has 2 heterocycles. The van der Waals surface area contributed by atoms with Gasteiger partial charge in [0.2, 0.25) is 11.8 Å². The molecule has 0 radical (unpaired) electrons. The molecular formula is C30H36FN3O4. The van der Waals surface area contributed by atoms with Crippen molar-refractivity contribution in [1.82, 2.24) is 14.7 Å². The molecule has 0 spiro atoms. The zero-order valence-corrected chi connectivity index (χ0v) is 21.9. The molecule has 202 valence electrons. The first-order valence-electron chi connectivity index (χ1n) is 13.2. The topological polar surface area (TPSA) is 66.2 Å². The van der Waals surface area contributed by atoms with E-state index in [0.717, 1.165) is 24.2 Å². The summed E-state index contributed by atoms with van der Waals surface area (Å²) >= 11 is 0. The Kier molecular flexibility index (Phi) is 10.1. The minimum Gasteiger partial charge on any atom is -0.467 e. The van der Waals surface area contributed by atoms with E-state index in [1.807, 2.05) is 43.3 Å². The quantitative estimate of drug-likeness (QED) is 0.356. The highest BCUT2D eigenvalue weighted by Crippen LogP contribution is 2.23. The third-order valence-electron chi connectivity index (χ3n) is 6.90. The first-order valence-corrected chi connectivity index (χ1v) is 13.2. The molecular weight excluding hydrogens is 485 g/mol. The van der Waals surface area contributed by atoms with Crippen LogP contribution in [0.5, 0.6) is 0 Å². The number of furan rings is 1. The van der Waals surface area contributed by atoms with Crippen LogP contribution in [0.25, 0.3) is 0 Å². The van der Waals surface area contributed by atoms with E-state index in [9.17, 15) is 14.0 Å². The Hall–Kier alpha value is -3.49. The van der Waals surface area contributed by atoms with Gasteiger partial charge in [0.1, 0.15) is 11.6 Å². The SMILES string of the molecule is CCC(C(=O)N(CCN1CCOCC1)CC(=O)N(Cc1ccc(F)cc1)Cc1ccco1)c1ccccc1. The number of rotatable bonds is 12. The number of halogens is 1. The van der Waals surface area contributed by atoms with Crippen LogP contribution in [-0.2, 0) is 27.4 Å². The number of carbonyl (C=O) groups is 2. The van der Waals surface area contributed by atoms with Crippen molar-refractivity contribution in [2.75, 3.05) is 45.9 Å². The lowest BCUT2D eigenvalue weighted by Crippen LogP contribution is -2.48. The van der Waals surface area contributed by atoms with Crippen LogP contribution in [0.15, 0.2) is 77.4 Å². The van der Waals surface area contributed by atoms with Gasteiger partial charge in [-0.05, 0) is 41.8 Å². The Bertz CT molecular complexity index is 1130. The van der Waals surface area contributed by atoms with Crippen LogP contribution in [-0.4, -0.2) is 72.5 Å². The summed E-state index contributed by atoms with van der Waals surface area (Å²) in [7, 11) is 0. The first-order chi connectivity index (χ1) is 18.5. The summed E-state index contributed by atoms with van der Waals surface area (Å²) in [5.74, 6) is -0.264. The maximum atomic E-state index is 13.9. The van der Waals surface area contributed by atoms with E-state index in [-0.39, 0.29) is 43.2 Å². The number of hydrogen-bond acceptors (Lipinski definition) is 5. The summed E-state index contributed by atoms with van der Waals surface area (Å²) in [6.07, 6.45) is 2.20. The second kappa shape index (κ2) is 13.9. The van der Waals surface area contributed by atoms with Gasteiger partial charge in [-0.3, -0.25) is 14.5 Å². The Morgan fingerprint density at radius 2 is 1.68 bits per heavy atom. The highest BCUT2D eigenvalue weighted by Gasteiger charge is 2.28. The molecule has 2 aromatic carbocycles. The van der Waals surface area contributed by atoms with E-state index in [1.165, 1.54) is 12.1 Å². The molecule has 1 saturated heterocycles. The van der Waals surface area contributed by atoms with E-state index in [4.69, 9.17) is 9.15 Å². The predicted molar refractivity (Wildman–Crippen MR) is 143 cm³/mol. The molecule has 1 unspecified atom stereocenters. The number of morpholine rings is 1. The number of amides is 2. The molecule has 0 aliphatic carbocycles. The number of nitrogens with zero attached hydrogens (tertiary/aromatic N) is 3. The Labute approximate surface area is 223 Å². The molecule has 1 fully saturated rings. The van der Waals surface area contributed by atoms with Crippen molar-refractivity contribution in [3.8, 4) is 0 Å². The van der Waals surface area contributed by atoms with Gasteiger partial charge in [0.05, 0.1) is 38.5 Å². The minimum atomic E-state index is -0.330. The molecule has 0 saturated carbocycles. The molecule has 1 aliphatic heterocycles. The van der Waals surface area contributed by atoms with E-state index >= 15 is 0 Å². The normalized spacial score (nSPS) is 14.7. The van der Waals surface area contributed by atoms with Crippen LogP contribution in [0.1, 0.15) is 36.1 Å². The maximum Gasteiger partial charge on any atom is 0.242 e. The van der Waals surface area contributed by atoms with Gasteiger partial charge >= 0.3 is 0 Å². The van der Waals surface area contributed by atoms with Crippen LogP contribution >= 0.6 is 0 Å². The zero-order valence-electron chi connectivity index (χ0n) is 21.9. The monoisotopic (exact) mass is 521 g/mol. The van der Waals surface area contributed by atoms with Crippen LogP contribution in [0.4, 0.5) is 4.39 Å². The van der Waals surface area contributed by atoms with Gasteiger partial charge in [-0.1, -0.05) is 49.4 Å². The molecule has 3 aromatic rings. The van der Waals surface area contributed by atoms with Gasteiger partial charge in [0.15, 0.2) is 0 Å². The third-order valence-corrected chi connectivity index (χ3v) is 6.90. The second-order valence-corrected chi connectivity index (χ2v) is 9.54. The highest BCUT2D eigenvalue weighted by molar-refractivity contribution is 5.88. The van der Waals surface area contributed by atoms with Crippen molar-refractivity contribution in [3.63, 3.8) is 0 Å². The fourth-order valence-corrected chi connectivity index (χ4v) is 4.71. The van der Waals surface area contributed by atoms with Gasteiger partial charge in [0, 0.05) is 32.7 Å². The smallest absolute Gasteiger partial charge is 0.242 e. The number of benzene rings is 2. The fourth-order valence-electron chi connectivity index (χ4n) is 4.71. The standard InChI is InChI=1S/C30H36FN3O4/c1-2-28(25-7-4-3-5-8-25)30(36)33(15-14-32-16-19-37-20-17-32)23-29(35)34(22-27-9-6-18-38-27)21-24-10-12-26(31)13-11-24/h3-13,18,28H,2,14-17,19-23H2,1H3. The van der Waals surface area contributed by atoms with Gasteiger partial charge < -0.3 is 19.0 Å². The van der Waals surface area contributed by atoms with Crippen LogP contribution in [0.3, 0.4) is 0 Å². The Morgan fingerprint density at radius 3 is 2.34 bits per heavy atom. The first kappa shape index (κ1) is 27.5. The summed E-state index contributed by atoms with van der Waals surface area (Å²) in [5, 5.41) is 0. The largest absolute Gasteiger partial charge is 0.467 e. The molecule has 4 rings (SSSR count). The summed E-state index contributed by atoms with van der Waals surface area (Å²) in [6.45, 7) is 6.55.